The van der Waals surface area contributed by atoms with E-state index in [2.05, 4.69) is 24.3 Å². The van der Waals surface area contributed by atoms with Crippen LogP contribution >= 0.6 is 0 Å². The highest BCUT2D eigenvalue weighted by Crippen LogP contribution is 2.32. The van der Waals surface area contributed by atoms with Crippen LogP contribution in [0.25, 0.3) is 10.8 Å². The van der Waals surface area contributed by atoms with Gasteiger partial charge in [-0.05, 0) is 66.1 Å². The van der Waals surface area contributed by atoms with Crippen LogP contribution in [0.3, 0.4) is 0 Å². The van der Waals surface area contributed by atoms with Crippen molar-refractivity contribution in [3.05, 3.63) is 77.9 Å². The van der Waals surface area contributed by atoms with E-state index in [9.17, 15) is 4.79 Å². The zero-order valence-corrected chi connectivity index (χ0v) is 16.7. The molecule has 3 aromatic rings. The van der Waals surface area contributed by atoms with Crippen molar-refractivity contribution in [3.63, 3.8) is 0 Å². The molecule has 2 aliphatic carbocycles. The lowest BCUT2D eigenvalue weighted by Crippen LogP contribution is -2.32. The summed E-state index contributed by atoms with van der Waals surface area (Å²) in [5.41, 5.74) is 1.96. The molecular formula is C26H27NO2. The number of benzene rings is 3. The Balaban J connectivity index is 1.32. The van der Waals surface area contributed by atoms with E-state index >= 15 is 0 Å². The summed E-state index contributed by atoms with van der Waals surface area (Å²) >= 11 is 0. The van der Waals surface area contributed by atoms with Gasteiger partial charge in [0, 0.05) is 18.2 Å². The van der Waals surface area contributed by atoms with Crippen LogP contribution in [-0.2, 0) is 6.54 Å². The smallest absolute Gasteiger partial charge is 0.255 e. The lowest BCUT2D eigenvalue weighted by molar-refractivity contribution is 0.0732. The molecule has 2 saturated carbocycles. The van der Waals surface area contributed by atoms with Crippen LogP contribution in [0.5, 0.6) is 5.75 Å². The van der Waals surface area contributed by atoms with Gasteiger partial charge in [-0.1, -0.05) is 55.0 Å². The Morgan fingerprint density at radius 1 is 0.897 bits per heavy atom. The summed E-state index contributed by atoms with van der Waals surface area (Å²) in [5.74, 6) is 1.80. The SMILES string of the molecule is O=C(c1cccc2ccccc12)N(Cc1ccc(OCC2CCC2)cc1)C1CC1. The zero-order chi connectivity index (χ0) is 19.6. The number of hydrogen-bond acceptors (Lipinski definition) is 2. The fourth-order valence-electron chi connectivity index (χ4n) is 4.08. The Labute approximate surface area is 172 Å². The molecule has 0 spiro atoms. The van der Waals surface area contributed by atoms with E-state index in [0.29, 0.717) is 12.6 Å². The Morgan fingerprint density at radius 3 is 2.38 bits per heavy atom. The summed E-state index contributed by atoms with van der Waals surface area (Å²) in [5, 5.41) is 2.15. The minimum atomic E-state index is 0.134. The highest BCUT2D eigenvalue weighted by atomic mass is 16.5. The van der Waals surface area contributed by atoms with E-state index in [0.717, 1.165) is 53.0 Å². The number of fused-ring (bicyclic) bond motifs is 1. The van der Waals surface area contributed by atoms with Gasteiger partial charge in [0.25, 0.3) is 5.91 Å². The topological polar surface area (TPSA) is 29.5 Å². The number of carbonyl (C=O) groups is 1. The summed E-state index contributed by atoms with van der Waals surface area (Å²) in [6, 6.07) is 22.8. The molecule has 3 nitrogen and oxygen atoms in total. The number of nitrogens with zero attached hydrogens (tertiary/aromatic N) is 1. The lowest BCUT2D eigenvalue weighted by atomic mass is 9.86. The maximum absolute atomic E-state index is 13.4. The fraction of sp³-hybridized carbons (Fsp3) is 0.346. The maximum Gasteiger partial charge on any atom is 0.255 e. The molecule has 0 unspecified atom stereocenters. The molecule has 0 bridgehead atoms. The second kappa shape index (κ2) is 7.90. The number of carbonyl (C=O) groups excluding carboxylic acids is 1. The molecule has 2 aliphatic rings. The van der Waals surface area contributed by atoms with Gasteiger partial charge < -0.3 is 9.64 Å². The Bertz CT molecular complexity index is 997. The van der Waals surface area contributed by atoms with Crippen LogP contribution in [0.15, 0.2) is 66.7 Å². The van der Waals surface area contributed by atoms with E-state index in [1.807, 2.05) is 47.4 Å². The summed E-state index contributed by atoms with van der Waals surface area (Å²) in [7, 11) is 0. The first kappa shape index (κ1) is 18.2. The maximum atomic E-state index is 13.4. The summed E-state index contributed by atoms with van der Waals surface area (Å²) in [6.45, 7) is 1.47. The third kappa shape index (κ3) is 4.00. The van der Waals surface area contributed by atoms with Crippen LogP contribution in [0.4, 0.5) is 0 Å². The van der Waals surface area contributed by atoms with Crippen molar-refractivity contribution < 1.29 is 9.53 Å². The van der Waals surface area contributed by atoms with Gasteiger partial charge in [0.2, 0.25) is 0 Å². The van der Waals surface area contributed by atoms with Gasteiger partial charge >= 0.3 is 0 Å². The highest BCUT2D eigenvalue weighted by Gasteiger charge is 2.33. The lowest BCUT2D eigenvalue weighted by Gasteiger charge is -2.25. The molecular weight excluding hydrogens is 358 g/mol. The normalized spacial score (nSPS) is 16.4. The second-order valence-corrected chi connectivity index (χ2v) is 8.44. The van der Waals surface area contributed by atoms with E-state index in [1.165, 1.54) is 19.3 Å². The largest absolute Gasteiger partial charge is 0.493 e. The summed E-state index contributed by atoms with van der Waals surface area (Å²) < 4.78 is 5.91. The molecule has 0 atom stereocenters. The first-order valence-electron chi connectivity index (χ1n) is 10.8. The third-order valence-electron chi connectivity index (χ3n) is 6.26. The first-order valence-corrected chi connectivity index (χ1v) is 10.8. The van der Waals surface area contributed by atoms with E-state index in [-0.39, 0.29) is 5.91 Å². The van der Waals surface area contributed by atoms with Crippen molar-refractivity contribution in [1.82, 2.24) is 4.90 Å². The van der Waals surface area contributed by atoms with Gasteiger partial charge in [-0.2, -0.15) is 0 Å². The fourth-order valence-corrected chi connectivity index (χ4v) is 4.08. The van der Waals surface area contributed by atoms with Crippen LogP contribution in [0.2, 0.25) is 0 Å². The van der Waals surface area contributed by atoms with Gasteiger partial charge in [0.15, 0.2) is 0 Å². The predicted molar refractivity (Wildman–Crippen MR) is 116 cm³/mol. The number of amides is 1. The second-order valence-electron chi connectivity index (χ2n) is 8.44. The quantitative estimate of drug-likeness (QED) is 0.512. The van der Waals surface area contributed by atoms with Gasteiger partial charge in [0.1, 0.15) is 5.75 Å². The first-order chi connectivity index (χ1) is 14.3. The standard InChI is InChI=1S/C26H27NO2/c28-26(25-10-4-8-21-7-1-2-9-24(21)25)27(22-13-14-22)17-19-11-15-23(16-12-19)29-18-20-5-3-6-20/h1-2,4,7-12,15-16,20,22H,3,5-6,13-14,17-18H2. The van der Waals surface area contributed by atoms with Crippen molar-refractivity contribution in [3.8, 4) is 5.75 Å². The monoisotopic (exact) mass is 385 g/mol. The molecule has 0 heterocycles. The van der Waals surface area contributed by atoms with Gasteiger partial charge in [0.05, 0.1) is 6.61 Å². The highest BCUT2D eigenvalue weighted by molar-refractivity contribution is 6.07. The summed E-state index contributed by atoms with van der Waals surface area (Å²) in [6.07, 6.45) is 6.13. The molecule has 3 heteroatoms. The molecule has 0 saturated heterocycles. The molecule has 148 valence electrons. The summed E-state index contributed by atoms with van der Waals surface area (Å²) in [4.78, 5) is 15.5. The van der Waals surface area contributed by atoms with Crippen LogP contribution in [0.1, 0.15) is 48.0 Å². The molecule has 0 radical (unpaired) electrons. The molecule has 0 aliphatic heterocycles. The van der Waals surface area contributed by atoms with Gasteiger partial charge in [-0.25, -0.2) is 0 Å². The van der Waals surface area contributed by atoms with Gasteiger partial charge in [-0.3, -0.25) is 4.79 Å². The Hall–Kier alpha value is -2.81. The van der Waals surface area contributed by atoms with Crippen LogP contribution in [-0.4, -0.2) is 23.5 Å². The van der Waals surface area contributed by atoms with E-state index in [1.54, 1.807) is 0 Å². The molecule has 1 amide bonds. The molecule has 0 aromatic heterocycles. The zero-order valence-electron chi connectivity index (χ0n) is 16.7. The van der Waals surface area contributed by atoms with Crippen molar-refractivity contribution in [2.75, 3.05) is 6.61 Å². The number of rotatable bonds is 7. The molecule has 29 heavy (non-hydrogen) atoms. The average molecular weight is 386 g/mol. The van der Waals surface area contributed by atoms with Gasteiger partial charge in [-0.15, -0.1) is 0 Å². The number of ether oxygens (including phenoxy) is 1. The minimum Gasteiger partial charge on any atom is -0.493 e. The Kier molecular flexibility index (Phi) is 4.97. The molecule has 2 fully saturated rings. The van der Waals surface area contributed by atoms with Crippen molar-refractivity contribution in [2.24, 2.45) is 5.92 Å². The van der Waals surface area contributed by atoms with Crippen molar-refractivity contribution in [2.45, 2.75) is 44.7 Å². The third-order valence-corrected chi connectivity index (χ3v) is 6.26. The van der Waals surface area contributed by atoms with Crippen molar-refractivity contribution in [1.29, 1.82) is 0 Å². The molecule has 0 N–H and O–H groups in total. The number of hydrogen-bond donors (Lipinski definition) is 0. The Morgan fingerprint density at radius 2 is 1.66 bits per heavy atom. The average Bonchev–Trinajstić information content (AvgIpc) is 3.56. The minimum absolute atomic E-state index is 0.134. The van der Waals surface area contributed by atoms with Crippen LogP contribution < -0.4 is 4.74 Å². The molecule has 5 rings (SSSR count). The molecule has 3 aromatic carbocycles. The van der Waals surface area contributed by atoms with Crippen LogP contribution in [0, 0.1) is 5.92 Å². The predicted octanol–water partition coefficient (Wildman–Crippen LogP) is 5.82. The van der Waals surface area contributed by atoms with Crippen molar-refractivity contribution >= 4 is 16.7 Å². The van der Waals surface area contributed by atoms with E-state index in [4.69, 9.17) is 4.74 Å². The van der Waals surface area contributed by atoms with E-state index < -0.39 is 0 Å².